The molecule has 0 saturated heterocycles. The predicted octanol–water partition coefficient (Wildman–Crippen LogP) is 4.00. The maximum atomic E-state index is 11.9. The number of carbonyl (C=O) groups is 1. The van der Waals surface area contributed by atoms with Gasteiger partial charge in [0, 0.05) is 17.8 Å². The molecule has 1 amide bonds. The van der Waals surface area contributed by atoms with Crippen molar-refractivity contribution in [3.8, 4) is 0 Å². The molecule has 26 heavy (non-hydrogen) atoms. The molecule has 0 aliphatic heterocycles. The van der Waals surface area contributed by atoms with E-state index in [4.69, 9.17) is 4.42 Å². The zero-order valence-electron chi connectivity index (χ0n) is 15.6. The van der Waals surface area contributed by atoms with Crippen LogP contribution in [0.3, 0.4) is 0 Å². The number of aliphatic imine (C=N–C) groups is 1. The van der Waals surface area contributed by atoms with E-state index in [1.54, 1.807) is 12.1 Å². The molecule has 6 nitrogen and oxygen atoms in total. The van der Waals surface area contributed by atoms with Crippen LogP contribution in [0.5, 0.6) is 0 Å². The van der Waals surface area contributed by atoms with Crippen LogP contribution in [0.15, 0.2) is 52.1 Å². The van der Waals surface area contributed by atoms with Crippen molar-refractivity contribution in [2.75, 3.05) is 11.9 Å². The van der Waals surface area contributed by atoms with E-state index < -0.39 is 0 Å². The van der Waals surface area contributed by atoms with Crippen molar-refractivity contribution in [2.45, 2.75) is 39.8 Å². The van der Waals surface area contributed by atoms with Gasteiger partial charge < -0.3 is 20.4 Å². The summed E-state index contributed by atoms with van der Waals surface area (Å²) in [6, 6.07) is 10.9. The van der Waals surface area contributed by atoms with Gasteiger partial charge >= 0.3 is 0 Å². The number of halogens is 1. The van der Waals surface area contributed by atoms with Gasteiger partial charge in [0.25, 0.3) is 5.91 Å². The Labute approximate surface area is 171 Å². The number of nitrogens with one attached hydrogen (secondary N) is 3. The predicted molar refractivity (Wildman–Crippen MR) is 116 cm³/mol. The molecule has 2 rings (SSSR count). The van der Waals surface area contributed by atoms with E-state index in [9.17, 15) is 4.79 Å². The summed E-state index contributed by atoms with van der Waals surface area (Å²) in [6.07, 6.45) is 1.48. The quantitative estimate of drug-likeness (QED) is 0.351. The Bertz CT molecular complexity index is 704. The number of rotatable bonds is 5. The van der Waals surface area contributed by atoms with Crippen LogP contribution < -0.4 is 16.0 Å². The highest BCUT2D eigenvalue weighted by molar-refractivity contribution is 14.0. The summed E-state index contributed by atoms with van der Waals surface area (Å²) < 4.78 is 5.08. The lowest BCUT2D eigenvalue weighted by Crippen LogP contribution is -2.47. The zero-order chi connectivity index (χ0) is 18.3. The maximum Gasteiger partial charge on any atom is 0.291 e. The third-order valence-corrected chi connectivity index (χ3v) is 3.21. The second-order valence-corrected chi connectivity index (χ2v) is 6.70. The van der Waals surface area contributed by atoms with Crippen LogP contribution in [0.2, 0.25) is 0 Å². The molecule has 0 aliphatic rings. The van der Waals surface area contributed by atoms with Crippen LogP contribution in [-0.4, -0.2) is 24.0 Å². The lowest BCUT2D eigenvalue weighted by atomic mass is 10.1. The summed E-state index contributed by atoms with van der Waals surface area (Å²) in [6.45, 7) is 9.68. The highest BCUT2D eigenvalue weighted by atomic mass is 127. The first-order valence-corrected chi connectivity index (χ1v) is 8.37. The molecule has 1 heterocycles. The van der Waals surface area contributed by atoms with Gasteiger partial charge in [-0.25, -0.2) is 4.99 Å². The summed E-state index contributed by atoms with van der Waals surface area (Å²) in [5, 5.41) is 9.38. The molecular weight excluding hydrogens is 443 g/mol. The van der Waals surface area contributed by atoms with E-state index in [1.165, 1.54) is 6.26 Å². The first kappa shape index (κ1) is 22.0. The van der Waals surface area contributed by atoms with Crippen molar-refractivity contribution in [3.05, 3.63) is 54.0 Å². The molecule has 1 aromatic heterocycles. The molecule has 0 saturated carbocycles. The summed E-state index contributed by atoms with van der Waals surface area (Å²) in [5.41, 5.74) is 1.72. The van der Waals surface area contributed by atoms with Crippen LogP contribution in [0.25, 0.3) is 0 Å². The normalized spacial score (nSPS) is 11.5. The fraction of sp³-hybridized carbons (Fsp3) is 0.368. The number of amides is 1. The number of anilines is 1. The average molecular weight is 470 g/mol. The van der Waals surface area contributed by atoms with Crippen molar-refractivity contribution < 1.29 is 9.21 Å². The number of benzene rings is 1. The van der Waals surface area contributed by atoms with Crippen LogP contribution in [-0.2, 0) is 6.54 Å². The molecule has 0 fully saturated rings. The highest BCUT2D eigenvalue weighted by Crippen LogP contribution is 2.12. The molecule has 1 aromatic carbocycles. The molecule has 0 radical (unpaired) electrons. The van der Waals surface area contributed by atoms with Gasteiger partial charge in [0.1, 0.15) is 0 Å². The molecule has 2 aromatic rings. The van der Waals surface area contributed by atoms with Crippen molar-refractivity contribution in [1.29, 1.82) is 0 Å². The van der Waals surface area contributed by atoms with Gasteiger partial charge in [-0.15, -0.1) is 24.0 Å². The van der Waals surface area contributed by atoms with E-state index in [-0.39, 0.29) is 41.2 Å². The van der Waals surface area contributed by atoms with Gasteiger partial charge in [-0.1, -0.05) is 12.1 Å². The minimum absolute atomic E-state index is 0. The molecule has 0 bridgehead atoms. The van der Waals surface area contributed by atoms with Gasteiger partial charge in [-0.05, 0) is 57.5 Å². The molecule has 0 aliphatic carbocycles. The highest BCUT2D eigenvalue weighted by Gasteiger charge is 2.11. The fourth-order valence-electron chi connectivity index (χ4n) is 2.13. The van der Waals surface area contributed by atoms with Gasteiger partial charge in [-0.2, -0.15) is 0 Å². The monoisotopic (exact) mass is 470 g/mol. The molecule has 7 heteroatoms. The third-order valence-electron chi connectivity index (χ3n) is 3.21. The number of furan rings is 1. The second-order valence-electron chi connectivity index (χ2n) is 6.70. The Balaban J connectivity index is 0.00000338. The molecule has 0 atom stereocenters. The Morgan fingerprint density at radius 1 is 1.15 bits per heavy atom. The van der Waals surface area contributed by atoms with E-state index in [0.29, 0.717) is 12.2 Å². The number of guanidine groups is 1. The Hall–Kier alpha value is -2.03. The van der Waals surface area contributed by atoms with Crippen molar-refractivity contribution in [3.63, 3.8) is 0 Å². The number of nitrogens with zero attached hydrogens (tertiary/aromatic N) is 1. The van der Waals surface area contributed by atoms with E-state index in [2.05, 4.69) is 41.7 Å². The molecule has 142 valence electrons. The van der Waals surface area contributed by atoms with Gasteiger partial charge in [0.2, 0.25) is 0 Å². The smallest absolute Gasteiger partial charge is 0.291 e. The molecule has 0 spiro atoms. The maximum absolute atomic E-state index is 11.9. The van der Waals surface area contributed by atoms with E-state index >= 15 is 0 Å². The molecular formula is C19H27IN4O2. The summed E-state index contributed by atoms with van der Waals surface area (Å²) in [4.78, 5) is 16.5. The summed E-state index contributed by atoms with van der Waals surface area (Å²) in [5.74, 6) is 0.807. The molecule has 3 N–H and O–H groups in total. The van der Waals surface area contributed by atoms with Gasteiger partial charge in [0.15, 0.2) is 11.7 Å². The molecule has 0 unspecified atom stereocenters. The van der Waals surface area contributed by atoms with Crippen LogP contribution in [0, 0.1) is 0 Å². The summed E-state index contributed by atoms with van der Waals surface area (Å²) >= 11 is 0. The van der Waals surface area contributed by atoms with Crippen molar-refractivity contribution in [2.24, 2.45) is 4.99 Å². The summed E-state index contributed by atoms with van der Waals surface area (Å²) in [7, 11) is 0. The van der Waals surface area contributed by atoms with Gasteiger partial charge in [0.05, 0.1) is 12.8 Å². The SMILES string of the molecule is CCNC(=NCc1ccc(NC(=O)c2ccco2)cc1)NC(C)(C)C.I. The third kappa shape index (κ3) is 7.47. The first-order valence-electron chi connectivity index (χ1n) is 8.37. The van der Waals surface area contributed by atoms with Crippen molar-refractivity contribution >= 4 is 41.5 Å². The van der Waals surface area contributed by atoms with Crippen LogP contribution in [0.4, 0.5) is 5.69 Å². The average Bonchev–Trinajstić information content (AvgIpc) is 3.07. The minimum atomic E-state index is -0.264. The lowest BCUT2D eigenvalue weighted by Gasteiger charge is -2.23. The number of hydrogen-bond acceptors (Lipinski definition) is 3. The lowest BCUT2D eigenvalue weighted by molar-refractivity contribution is 0.0996. The topological polar surface area (TPSA) is 78.7 Å². The van der Waals surface area contributed by atoms with Crippen molar-refractivity contribution in [1.82, 2.24) is 10.6 Å². The standard InChI is InChI=1S/C19H26N4O2.HI/c1-5-20-18(23-19(2,3)4)21-13-14-8-10-15(11-9-14)22-17(24)16-7-6-12-25-16;/h6-12H,5,13H2,1-4H3,(H,22,24)(H2,20,21,23);1H. The Morgan fingerprint density at radius 2 is 1.85 bits per heavy atom. The van der Waals surface area contributed by atoms with Crippen LogP contribution >= 0.6 is 24.0 Å². The first-order chi connectivity index (χ1) is 11.9. The number of carbonyl (C=O) groups excluding carboxylic acids is 1. The largest absolute Gasteiger partial charge is 0.459 e. The van der Waals surface area contributed by atoms with Gasteiger partial charge in [-0.3, -0.25) is 4.79 Å². The van der Waals surface area contributed by atoms with E-state index in [1.807, 2.05) is 31.2 Å². The number of hydrogen-bond donors (Lipinski definition) is 3. The second kappa shape index (κ2) is 10.2. The fourth-order valence-corrected chi connectivity index (χ4v) is 2.13. The Morgan fingerprint density at radius 3 is 2.38 bits per heavy atom. The Kier molecular flexibility index (Phi) is 8.64. The zero-order valence-corrected chi connectivity index (χ0v) is 18.0. The van der Waals surface area contributed by atoms with Crippen LogP contribution in [0.1, 0.15) is 43.8 Å². The minimum Gasteiger partial charge on any atom is -0.459 e. The van der Waals surface area contributed by atoms with E-state index in [0.717, 1.165) is 18.1 Å².